The third kappa shape index (κ3) is 4.34. The van der Waals surface area contributed by atoms with Gasteiger partial charge in [0, 0.05) is 12.1 Å². The minimum atomic E-state index is -0.381. The number of aryl methyl sites for hydroxylation is 1. The summed E-state index contributed by atoms with van der Waals surface area (Å²) in [6.07, 6.45) is 1.82. The topological polar surface area (TPSA) is 70.7 Å². The maximum atomic E-state index is 13.0. The van der Waals surface area contributed by atoms with Crippen molar-refractivity contribution in [2.75, 3.05) is 11.1 Å². The SMILES string of the molecule is CCCc1nc(SCC(=O)Nc2cccc(F)c2)n[nH]1. The molecule has 0 unspecified atom stereocenters. The van der Waals surface area contributed by atoms with Gasteiger partial charge in [-0.3, -0.25) is 9.89 Å². The van der Waals surface area contributed by atoms with Gasteiger partial charge in [-0.15, -0.1) is 5.10 Å². The molecule has 0 bridgehead atoms. The summed E-state index contributed by atoms with van der Waals surface area (Å²) in [5.41, 5.74) is 0.442. The first kappa shape index (κ1) is 14.5. The molecule has 0 atom stereocenters. The summed E-state index contributed by atoms with van der Waals surface area (Å²) in [5.74, 6) is 0.400. The van der Waals surface area contributed by atoms with Crippen LogP contribution in [0.25, 0.3) is 0 Å². The van der Waals surface area contributed by atoms with Gasteiger partial charge in [-0.1, -0.05) is 24.8 Å². The average molecular weight is 294 g/mol. The van der Waals surface area contributed by atoms with E-state index in [4.69, 9.17) is 0 Å². The van der Waals surface area contributed by atoms with E-state index in [-0.39, 0.29) is 17.5 Å². The first-order valence-corrected chi connectivity index (χ1v) is 7.25. The molecule has 2 aromatic rings. The summed E-state index contributed by atoms with van der Waals surface area (Å²) in [4.78, 5) is 16.0. The third-order valence-corrected chi connectivity index (χ3v) is 3.29. The Labute approximate surface area is 120 Å². The molecule has 0 fully saturated rings. The van der Waals surface area contributed by atoms with Gasteiger partial charge in [-0.2, -0.15) is 0 Å². The summed E-state index contributed by atoms with van der Waals surface area (Å²) < 4.78 is 13.0. The molecule has 0 aliphatic carbocycles. The van der Waals surface area contributed by atoms with Gasteiger partial charge in [-0.25, -0.2) is 9.37 Å². The van der Waals surface area contributed by atoms with Gasteiger partial charge in [0.15, 0.2) is 0 Å². The lowest BCUT2D eigenvalue weighted by Crippen LogP contribution is -2.14. The summed E-state index contributed by atoms with van der Waals surface area (Å²) in [7, 11) is 0. The standard InChI is InChI=1S/C13H15FN4OS/c1-2-4-11-16-13(18-17-11)20-8-12(19)15-10-6-3-5-9(14)7-10/h3,5-7H,2,4,8H2,1H3,(H,15,19)(H,16,17,18). The van der Waals surface area contributed by atoms with E-state index < -0.39 is 0 Å². The molecule has 7 heteroatoms. The minimum Gasteiger partial charge on any atom is -0.325 e. The van der Waals surface area contributed by atoms with E-state index in [0.29, 0.717) is 10.8 Å². The summed E-state index contributed by atoms with van der Waals surface area (Å²) in [5, 5.41) is 10.0. The predicted octanol–water partition coefficient (Wildman–Crippen LogP) is 2.63. The molecule has 0 aliphatic heterocycles. The zero-order chi connectivity index (χ0) is 14.4. The largest absolute Gasteiger partial charge is 0.325 e. The predicted molar refractivity (Wildman–Crippen MR) is 76.1 cm³/mol. The number of rotatable bonds is 6. The van der Waals surface area contributed by atoms with Crippen molar-refractivity contribution in [3.05, 3.63) is 35.9 Å². The van der Waals surface area contributed by atoms with Crippen LogP contribution in [0, 0.1) is 5.82 Å². The molecule has 0 saturated heterocycles. The van der Waals surface area contributed by atoms with Gasteiger partial charge in [0.1, 0.15) is 11.6 Å². The zero-order valence-corrected chi connectivity index (χ0v) is 11.8. The fraction of sp³-hybridized carbons (Fsp3) is 0.308. The number of hydrogen-bond acceptors (Lipinski definition) is 4. The molecule has 0 aliphatic rings. The van der Waals surface area contributed by atoms with Crippen molar-refractivity contribution in [1.29, 1.82) is 0 Å². The van der Waals surface area contributed by atoms with Crippen molar-refractivity contribution < 1.29 is 9.18 Å². The van der Waals surface area contributed by atoms with E-state index in [9.17, 15) is 9.18 Å². The fourth-order valence-corrected chi connectivity index (χ4v) is 2.20. The van der Waals surface area contributed by atoms with Crippen molar-refractivity contribution >= 4 is 23.4 Å². The lowest BCUT2D eigenvalue weighted by molar-refractivity contribution is -0.113. The molecule has 1 aromatic carbocycles. The molecule has 1 heterocycles. The number of benzene rings is 1. The molecule has 2 rings (SSSR count). The monoisotopic (exact) mass is 294 g/mol. The summed E-state index contributed by atoms with van der Waals surface area (Å²) in [6, 6.07) is 5.78. The van der Waals surface area contributed by atoms with E-state index in [1.807, 2.05) is 0 Å². The molecule has 0 spiro atoms. The summed E-state index contributed by atoms with van der Waals surface area (Å²) in [6.45, 7) is 2.06. The first-order chi connectivity index (χ1) is 9.67. The maximum Gasteiger partial charge on any atom is 0.234 e. The number of anilines is 1. The Balaban J connectivity index is 1.82. The number of carbonyl (C=O) groups is 1. The molecule has 5 nitrogen and oxygen atoms in total. The highest BCUT2D eigenvalue weighted by molar-refractivity contribution is 7.99. The number of halogens is 1. The Hall–Kier alpha value is -1.89. The fourth-order valence-electron chi connectivity index (χ4n) is 1.58. The Morgan fingerprint density at radius 2 is 2.35 bits per heavy atom. The van der Waals surface area contributed by atoms with Crippen molar-refractivity contribution in [1.82, 2.24) is 15.2 Å². The number of H-pyrrole nitrogens is 1. The molecule has 0 radical (unpaired) electrons. The van der Waals surface area contributed by atoms with E-state index >= 15 is 0 Å². The molecule has 20 heavy (non-hydrogen) atoms. The number of nitrogens with zero attached hydrogens (tertiary/aromatic N) is 2. The molecule has 0 saturated carbocycles. The van der Waals surface area contributed by atoms with Gasteiger partial charge in [0.05, 0.1) is 5.75 Å². The molecule has 106 valence electrons. The third-order valence-electron chi connectivity index (χ3n) is 2.44. The van der Waals surface area contributed by atoms with Crippen LogP contribution in [0.15, 0.2) is 29.4 Å². The highest BCUT2D eigenvalue weighted by atomic mass is 32.2. The van der Waals surface area contributed by atoms with Crippen LogP contribution in [0.5, 0.6) is 0 Å². The molecule has 1 amide bonds. The minimum absolute atomic E-state index is 0.180. The Kier molecular flexibility index (Phi) is 5.11. The van der Waals surface area contributed by atoms with Crippen LogP contribution in [-0.4, -0.2) is 26.8 Å². The van der Waals surface area contributed by atoms with Gasteiger partial charge >= 0.3 is 0 Å². The Morgan fingerprint density at radius 1 is 1.50 bits per heavy atom. The van der Waals surface area contributed by atoms with Crippen molar-refractivity contribution in [3.8, 4) is 0 Å². The lowest BCUT2D eigenvalue weighted by Gasteiger charge is -2.03. The summed E-state index contributed by atoms with van der Waals surface area (Å²) >= 11 is 1.24. The van der Waals surface area contributed by atoms with E-state index in [1.54, 1.807) is 12.1 Å². The van der Waals surface area contributed by atoms with Crippen LogP contribution in [0.3, 0.4) is 0 Å². The highest BCUT2D eigenvalue weighted by Crippen LogP contribution is 2.14. The van der Waals surface area contributed by atoms with Gasteiger partial charge in [0.2, 0.25) is 11.1 Å². The number of hydrogen-bond donors (Lipinski definition) is 2. The van der Waals surface area contributed by atoms with Crippen LogP contribution in [0.4, 0.5) is 10.1 Å². The number of aromatic nitrogens is 3. The number of aromatic amines is 1. The van der Waals surface area contributed by atoms with E-state index in [0.717, 1.165) is 18.7 Å². The van der Waals surface area contributed by atoms with Gasteiger partial charge in [-0.05, 0) is 24.6 Å². The van der Waals surface area contributed by atoms with Crippen LogP contribution in [0.2, 0.25) is 0 Å². The lowest BCUT2D eigenvalue weighted by atomic mass is 10.3. The van der Waals surface area contributed by atoms with Crippen molar-refractivity contribution in [2.24, 2.45) is 0 Å². The Morgan fingerprint density at radius 3 is 3.10 bits per heavy atom. The smallest absolute Gasteiger partial charge is 0.234 e. The van der Waals surface area contributed by atoms with Crippen molar-refractivity contribution in [2.45, 2.75) is 24.9 Å². The second kappa shape index (κ2) is 7.04. The van der Waals surface area contributed by atoms with E-state index in [1.165, 1.54) is 23.9 Å². The number of nitrogens with one attached hydrogen (secondary N) is 2. The second-order valence-electron chi connectivity index (χ2n) is 4.16. The molecule has 2 N–H and O–H groups in total. The molecular weight excluding hydrogens is 279 g/mol. The Bertz CT molecular complexity index is 587. The zero-order valence-electron chi connectivity index (χ0n) is 11.0. The highest BCUT2D eigenvalue weighted by Gasteiger charge is 2.08. The molecule has 1 aromatic heterocycles. The van der Waals surface area contributed by atoms with Crippen LogP contribution >= 0.6 is 11.8 Å². The number of carbonyl (C=O) groups excluding carboxylic acids is 1. The van der Waals surface area contributed by atoms with Crippen LogP contribution < -0.4 is 5.32 Å². The van der Waals surface area contributed by atoms with E-state index in [2.05, 4.69) is 27.4 Å². The van der Waals surface area contributed by atoms with Gasteiger partial charge < -0.3 is 5.32 Å². The van der Waals surface area contributed by atoms with Crippen molar-refractivity contribution in [3.63, 3.8) is 0 Å². The number of thioether (sulfide) groups is 1. The number of amides is 1. The second-order valence-corrected chi connectivity index (χ2v) is 5.10. The first-order valence-electron chi connectivity index (χ1n) is 6.27. The normalized spacial score (nSPS) is 10.5. The van der Waals surface area contributed by atoms with Crippen LogP contribution in [-0.2, 0) is 11.2 Å². The van der Waals surface area contributed by atoms with Crippen LogP contribution in [0.1, 0.15) is 19.2 Å². The molecular formula is C13H15FN4OS. The average Bonchev–Trinajstić information content (AvgIpc) is 2.85. The maximum absolute atomic E-state index is 13.0. The van der Waals surface area contributed by atoms with Gasteiger partial charge in [0.25, 0.3) is 0 Å². The quantitative estimate of drug-likeness (QED) is 0.803.